The summed E-state index contributed by atoms with van der Waals surface area (Å²) in [4.78, 5) is 0. The molecule has 14 heavy (non-hydrogen) atoms. The van der Waals surface area contributed by atoms with Crippen LogP contribution in [0.5, 0.6) is 11.5 Å². The highest BCUT2D eigenvalue weighted by Crippen LogP contribution is 2.41. The predicted molar refractivity (Wildman–Crippen MR) is 58.4 cm³/mol. The first-order chi connectivity index (χ1) is 6.38. The molecule has 1 rings (SSSR count). The maximum absolute atomic E-state index is 9.47. The van der Waals surface area contributed by atoms with Crippen molar-refractivity contribution >= 4 is 11.6 Å². The Morgan fingerprint density at radius 2 is 1.86 bits per heavy atom. The lowest BCUT2D eigenvalue weighted by molar-refractivity contribution is 0.372. The number of hydrogen-bond acceptors (Lipinski definition) is 2. The van der Waals surface area contributed by atoms with Gasteiger partial charge in [0.05, 0.1) is 12.1 Å². The van der Waals surface area contributed by atoms with Gasteiger partial charge in [0.15, 0.2) is 11.5 Å². The summed E-state index contributed by atoms with van der Waals surface area (Å²) in [7, 11) is 1.49. The van der Waals surface area contributed by atoms with Crippen LogP contribution in [0.2, 0.25) is 5.02 Å². The summed E-state index contributed by atoms with van der Waals surface area (Å²) >= 11 is 6.11. The van der Waals surface area contributed by atoms with E-state index in [1.165, 1.54) is 7.11 Å². The number of phenolic OH excluding ortho intramolecular Hbond substituents is 1. The number of rotatable bonds is 1. The zero-order valence-corrected chi connectivity index (χ0v) is 9.64. The molecule has 0 atom stereocenters. The summed E-state index contributed by atoms with van der Waals surface area (Å²) in [6.07, 6.45) is 0. The molecule has 0 bridgehead atoms. The number of phenols is 1. The summed E-state index contributed by atoms with van der Waals surface area (Å²) in [5.74, 6) is 0.421. The van der Waals surface area contributed by atoms with E-state index in [1.54, 1.807) is 6.07 Å². The Hall–Kier alpha value is -0.890. The average molecular weight is 215 g/mol. The second-order valence-corrected chi connectivity index (χ2v) is 4.61. The number of methoxy groups -OCH3 is 1. The number of benzene rings is 1. The molecule has 1 N–H and O–H groups in total. The van der Waals surface area contributed by atoms with E-state index < -0.39 is 0 Å². The van der Waals surface area contributed by atoms with Crippen LogP contribution in [0.15, 0.2) is 12.1 Å². The first-order valence-corrected chi connectivity index (χ1v) is 4.81. The topological polar surface area (TPSA) is 29.5 Å². The Labute approximate surface area is 89.5 Å². The predicted octanol–water partition coefficient (Wildman–Crippen LogP) is 3.35. The van der Waals surface area contributed by atoms with Crippen molar-refractivity contribution in [3.05, 3.63) is 22.7 Å². The van der Waals surface area contributed by atoms with Crippen molar-refractivity contribution in [2.24, 2.45) is 0 Å². The van der Waals surface area contributed by atoms with Crippen LogP contribution in [0.1, 0.15) is 26.3 Å². The fourth-order valence-corrected chi connectivity index (χ4v) is 1.84. The third-order valence-corrected chi connectivity index (χ3v) is 2.46. The highest BCUT2D eigenvalue weighted by molar-refractivity contribution is 6.33. The monoisotopic (exact) mass is 214 g/mol. The number of aromatic hydroxyl groups is 1. The van der Waals surface area contributed by atoms with E-state index in [4.69, 9.17) is 16.3 Å². The zero-order valence-electron chi connectivity index (χ0n) is 8.89. The number of hydrogen-bond donors (Lipinski definition) is 1. The van der Waals surface area contributed by atoms with Crippen molar-refractivity contribution in [1.82, 2.24) is 0 Å². The molecular formula is C11H15ClO2. The molecule has 0 aliphatic carbocycles. The minimum Gasteiger partial charge on any atom is -0.504 e. The van der Waals surface area contributed by atoms with E-state index in [-0.39, 0.29) is 11.2 Å². The fraction of sp³-hybridized carbons (Fsp3) is 0.455. The minimum atomic E-state index is -0.0575. The highest BCUT2D eigenvalue weighted by Gasteiger charge is 2.21. The highest BCUT2D eigenvalue weighted by atomic mass is 35.5. The lowest BCUT2D eigenvalue weighted by Crippen LogP contribution is -2.12. The SMILES string of the molecule is COc1c(O)ccc(C(C)(C)C)c1Cl. The van der Waals surface area contributed by atoms with Gasteiger partial charge in [-0.1, -0.05) is 38.4 Å². The van der Waals surface area contributed by atoms with Crippen molar-refractivity contribution in [1.29, 1.82) is 0 Å². The maximum atomic E-state index is 9.47. The van der Waals surface area contributed by atoms with Gasteiger partial charge < -0.3 is 9.84 Å². The van der Waals surface area contributed by atoms with Gasteiger partial charge in [-0.05, 0) is 17.0 Å². The van der Waals surface area contributed by atoms with E-state index in [2.05, 4.69) is 20.8 Å². The molecule has 1 aromatic carbocycles. The molecule has 0 aliphatic heterocycles. The summed E-state index contributed by atoms with van der Waals surface area (Å²) in [5, 5.41) is 9.96. The Bertz CT molecular complexity index is 340. The number of halogens is 1. The zero-order chi connectivity index (χ0) is 10.9. The summed E-state index contributed by atoms with van der Waals surface area (Å²) < 4.78 is 5.03. The fourth-order valence-electron chi connectivity index (χ4n) is 1.32. The molecule has 2 nitrogen and oxygen atoms in total. The smallest absolute Gasteiger partial charge is 0.179 e. The minimum absolute atomic E-state index is 0.0575. The van der Waals surface area contributed by atoms with E-state index in [9.17, 15) is 5.11 Å². The molecule has 0 unspecified atom stereocenters. The Balaban J connectivity index is 3.36. The molecule has 0 saturated heterocycles. The van der Waals surface area contributed by atoms with Gasteiger partial charge in [0.2, 0.25) is 0 Å². The van der Waals surface area contributed by atoms with Crippen molar-refractivity contribution in [3.63, 3.8) is 0 Å². The normalized spacial score (nSPS) is 11.5. The lowest BCUT2D eigenvalue weighted by Gasteiger charge is -2.22. The molecule has 0 radical (unpaired) electrons. The van der Waals surface area contributed by atoms with Crippen LogP contribution in [0.3, 0.4) is 0 Å². The molecule has 78 valence electrons. The molecule has 0 saturated carbocycles. The standard InChI is InChI=1S/C11H15ClO2/c1-11(2,3)7-5-6-8(13)10(14-4)9(7)12/h5-6,13H,1-4H3. The van der Waals surface area contributed by atoms with Crippen LogP contribution in [0.25, 0.3) is 0 Å². The summed E-state index contributed by atoms with van der Waals surface area (Å²) in [6, 6.07) is 3.42. The second kappa shape index (κ2) is 3.70. The first-order valence-electron chi connectivity index (χ1n) is 4.44. The van der Waals surface area contributed by atoms with Gasteiger partial charge in [0.25, 0.3) is 0 Å². The average Bonchev–Trinajstić information content (AvgIpc) is 2.02. The van der Waals surface area contributed by atoms with Crippen molar-refractivity contribution in [2.75, 3.05) is 7.11 Å². The van der Waals surface area contributed by atoms with E-state index in [0.29, 0.717) is 10.8 Å². The molecule has 0 heterocycles. The van der Waals surface area contributed by atoms with Crippen LogP contribution in [-0.2, 0) is 5.41 Å². The van der Waals surface area contributed by atoms with Crippen molar-refractivity contribution in [3.8, 4) is 11.5 Å². The van der Waals surface area contributed by atoms with Gasteiger partial charge in [-0.25, -0.2) is 0 Å². The van der Waals surface area contributed by atoms with Crippen LogP contribution in [-0.4, -0.2) is 12.2 Å². The molecule has 0 fully saturated rings. The Kier molecular flexibility index (Phi) is 2.95. The van der Waals surface area contributed by atoms with Crippen LogP contribution >= 0.6 is 11.6 Å². The summed E-state index contributed by atoms with van der Waals surface area (Å²) in [5.41, 5.74) is 0.909. The van der Waals surface area contributed by atoms with E-state index in [1.807, 2.05) is 6.07 Å². The van der Waals surface area contributed by atoms with Gasteiger partial charge >= 0.3 is 0 Å². The Morgan fingerprint density at radius 3 is 2.29 bits per heavy atom. The van der Waals surface area contributed by atoms with E-state index >= 15 is 0 Å². The van der Waals surface area contributed by atoms with Gasteiger partial charge in [-0.15, -0.1) is 0 Å². The van der Waals surface area contributed by atoms with Crippen molar-refractivity contribution in [2.45, 2.75) is 26.2 Å². The van der Waals surface area contributed by atoms with E-state index in [0.717, 1.165) is 5.56 Å². The molecule has 0 aliphatic rings. The molecular weight excluding hydrogens is 200 g/mol. The molecule has 0 aromatic heterocycles. The Morgan fingerprint density at radius 1 is 1.29 bits per heavy atom. The van der Waals surface area contributed by atoms with Gasteiger partial charge in [-0.2, -0.15) is 0 Å². The third kappa shape index (κ3) is 1.95. The van der Waals surface area contributed by atoms with Gasteiger partial charge in [0, 0.05) is 0 Å². The van der Waals surface area contributed by atoms with Gasteiger partial charge in [0.1, 0.15) is 0 Å². The molecule has 0 amide bonds. The number of ether oxygens (including phenoxy) is 1. The van der Waals surface area contributed by atoms with Gasteiger partial charge in [-0.3, -0.25) is 0 Å². The molecule has 1 aromatic rings. The van der Waals surface area contributed by atoms with Crippen LogP contribution in [0.4, 0.5) is 0 Å². The maximum Gasteiger partial charge on any atom is 0.179 e. The lowest BCUT2D eigenvalue weighted by atomic mass is 9.87. The largest absolute Gasteiger partial charge is 0.504 e. The van der Waals surface area contributed by atoms with Crippen molar-refractivity contribution < 1.29 is 9.84 Å². The first kappa shape index (κ1) is 11.2. The quantitative estimate of drug-likeness (QED) is 0.777. The third-order valence-electron chi connectivity index (χ3n) is 2.09. The van der Waals surface area contributed by atoms with Crippen LogP contribution in [0, 0.1) is 0 Å². The summed E-state index contributed by atoms with van der Waals surface area (Å²) in [6.45, 7) is 6.18. The molecule has 3 heteroatoms. The van der Waals surface area contributed by atoms with Crippen LogP contribution < -0.4 is 4.74 Å². The molecule has 0 spiro atoms. The second-order valence-electron chi connectivity index (χ2n) is 4.23.